The Balaban J connectivity index is 1.42. The van der Waals surface area contributed by atoms with Crippen LogP contribution in [0.4, 0.5) is 0 Å². The van der Waals surface area contributed by atoms with Crippen LogP contribution in [-0.2, 0) is 0 Å². The summed E-state index contributed by atoms with van der Waals surface area (Å²) in [5, 5.41) is 5.30. The molecule has 7 nitrogen and oxygen atoms in total. The molecule has 0 fully saturated rings. The maximum absolute atomic E-state index is 12.3. The highest BCUT2D eigenvalue weighted by molar-refractivity contribution is 6.30. The molecule has 0 unspecified atom stereocenters. The van der Waals surface area contributed by atoms with E-state index in [1.165, 1.54) is 13.3 Å². The number of rotatable bonds is 6. The van der Waals surface area contributed by atoms with Gasteiger partial charge in [0.2, 0.25) is 0 Å². The summed E-state index contributed by atoms with van der Waals surface area (Å²) in [6.07, 6.45) is 1.44. The lowest BCUT2D eigenvalue weighted by atomic mass is 10.2. The first-order valence-corrected chi connectivity index (χ1v) is 9.89. The Morgan fingerprint density at radius 2 is 1.78 bits per heavy atom. The van der Waals surface area contributed by atoms with E-state index in [1.807, 2.05) is 18.2 Å². The summed E-state index contributed by atoms with van der Waals surface area (Å²) in [5.41, 5.74) is 4.02. The van der Waals surface area contributed by atoms with E-state index in [0.717, 1.165) is 5.39 Å². The molecule has 0 aliphatic heterocycles. The van der Waals surface area contributed by atoms with Crippen molar-refractivity contribution in [2.24, 2.45) is 5.10 Å². The lowest BCUT2D eigenvalue weighted by molar-refractivity contribution is 0.0729. The zero-order valence-corrected chi connectivity index (χ0v) is 17.6. The highest BCUT2D eigenvalue weighted by Gasteiger charge is 2.13. The molecule has 0 spiro atoms. The molecule has 0 atom stereocenters. The molecule has 1 heterocycles. The van der Waals surface area contributed by atoms with Crippen LogP contribution in [0.25, 0.3) is 11.0 Å². The number of nitrogens with zero attached hydrogens (tertiary/aromatic N) is 1. The fourth-order valence-electron chi connectivity index (χ4n) is 2.91. The summed E-state index contributed by atoms with van der Waals surface area (Å²) >= 11 is 5.84. The monoisotopic (exact) mass is 448 g/mol. The smallest absolute Gasteiger partial charge is 0.343 e. The van der Waals surface area contributed by atoms with Gasteiger partial charge in [0.15, 0.2) is 17.3 Å². The summed E-state index contributed by atoms with van der Waals surface area (Å²) in [7, 11) is 1.46. The number of hydrogen-bond acceptors (Lipinski definition) is 6. The number of ether oxygens (including phenoxy) is 2. The van der Waals surface area contributed by atoms with Gasteiger partial charge in [0, 0.05) is 10.4 Å². The van der Waals surface area contributed by atoms with E-state index in [4.69, 9.17) is 25.5 Å². The van der Waals surface area contributed by atoms with Crippen LogP contribution in [0.5, 0.6) is 11.5 Å². The van der Waals surface area contributed by atoms with E-state index in [-0.39, 0.29) is 11.5 Å². The molecule has 1 amide bonds. The number of carbonyl (C=O) groups excluding carboxylic acids is 2. The van der Waals surface area contributed by atoms with Crippen LogP contribution in [0.2, 0.25) is 5.02 Å². The van der Waals surface area contributed by atoms with E-state index in [0.29, 0.717) is 27.5 Å². The van der Waals surface area contributed by atoms with Crippen LogP contribution in [0.3, 0.4) is 0 Å². The van der Waals surface area contributed by atoms with Gasteiger partial charge in [-0.15, -0.1) is 0 Å². The van der Waals surface area contributed by atoms with Gasteiger partial charge < -0.3 is 13.9 Å². The number of hydrazone groups is 1. The largest absolute Gasteiger partial charge is 0.493 e. The molecule has 1 aromatic heterocycles. The van der Waals surface area contributed by atoms with Crippen LogP contribution in [0.1, 0.15) is 26.5 Å². The highest BCUT2D eigenvalue weighted by Crippen LogP contribution is 2.28. The number of fused-ring (bicyclic) bond motifs is 1. The molecule has 32 heavy (non-hydrogen) atoms. The van der Waals surface area contributed by atoms with Crippen molar-refractivity contribution >= 4 is 40.7 Å². The van der Waals surface area contributed by atoms with Gasteiger partial charge in [-0.1, -0.05) is 29.8 Å². The van der Waals surface area contributed by atoms with E-state index in [2.05, 4.69) is 10.5 Å². The molecule has 1 N–H and O–H groups in total. The molecule has 3 aromatic carbocycles. The third kappa shape index (κ3) is 4.79. The fourth-order valence-corrected chi connectivity index (χ4v) is 3.03. The number of nitrogens with one attached hydrogen (secondary N) is 1. The average molecular weight is 449 g/mol. The van der Waals surface area contributed by atoms with E-state index >= 15 is 0 Å². The predicted octanol–water partition coefficient (Wildman–Crippen LogP) is 5.08. The summed E-state index contributed by atoms with van der Waals surface area (Å²) in [6, 6.07) is 20.2. The minimum atomic E-state index is -0.542. The molecule has 0 radical (unpaired) electrons. The molecule has 0 bridgehead atoms. The number of esters is 1. The Morgan fingerprint density at radius 1 is 1.00 bits per heavy atom. The minimum absolute atomic E-state index is 0.158. The molecule has 0 saturated carbocycles. The summed E-state index contributed by atoms with van der Waals surface area (Å²) in [4.78, 5) is 24.6. The molecule has 0 aliphatic carbocycles. The van der Waals surface area contributed by atoms with Gasteiger partial charge in [-0.05, 0) is 60.2 Å². The first kappa shape index (κ1) is 21.1. The minimum Gasteiger partial charge on any atom is -0.493 e. The first-order chi connectivity index (χ1) is 15.5. The van der Waals surface area contributed by atoms with Crippen molar-refractivity contribution < 1.29 is 23.5 Å². The number of furan rings is 1. The van der Waals surface area contributed by atoms with Crippen LogP contribution >= 0.6 is 11.6 Å². The molecule has 0 aliphatic rings. The van der Waals surface area contributed by atoms with E-state index in [9.17, 15) is 9.59 Å². The zero-order valence-electron chi connectivity index (χ0n) is 16.9. The number of amides is 1. The van der Waals surface area contributed by atoms with Gasteiger partial charge in [-0.25, -0.2) is 10.2 Å². The van der Waals surface area contributed by atoms with Crippen molar-refractivity contribution in [1.82, 2.24) is 5.43 Å². The summed E-state index contributed by atoms with van der Waals surface area (Å²) in [5.74, 6) is -0.279. The summed E-state index contributed by atoms with van der Waals surface area (Å²) in [6.45, 7) is 0. The highest BCUT2D eigenvalue weighted by atomic mass is 35.5. The Morgan fingerprint density at radius 3 is 2.53 bits per heavy atom. The second-order valence-electron chi connectivity index (χ2n) is 6.65. The van der Waals surface area contributed by atoms with Crippen LogP contribution in [-0.4, -0.2) is 25.2 Å². The maximum atomic E-state index is 12.3. The van der Waals surface area contributed by atoms with Crippen molar-refractivity contribution in [3.05, 3.63) is 94.7 Å². The van der Waals surface area contributed by atoms with E-state index in [1.54, 1.807) is 54.6 Å². The molecular formula is C24H17ClN2O5. The van der Waals surface area contributed by atoms with Crippen LogP contribution < -0.4 is 14.9 Å². The van der Waals surface area contributed by atoms with Gasteiger partial charge >= 0.3 is 11.9 Å². The normalized spacial score (nSPS) is 10.9. The second kappa shape index (κ2) is 9.36. The molecule has 8 heteroatoms. The van der Waals surface area contributed by atoms with Gasteiger partial charge in [-0.3, -0.25) is 4.79 Å². The van der Waals surface area contributed by atoms with Crippen LogP contribution in [0, 0.1) is 0 Å². The second-order valence-corrected chi connectivity index (χ2v) is 7.09. The van der Waals surface area contributed by atoms with Crippen molar-refractivity contribution in [3.63, 3.8) is 0 Å². The number of benzene rings is 3. The van der Waals surface area contributed by atoms with Crippen molar-refractivity contribution in [2.75, 3.05) is 7.11 Å². The van der Waals surface area contributed by atoms with Crippen LogP contribution in [0.15, 0.2) is 82.3 Å². The average Bonchev–Trinajstić information content (AvgIpc) is 3.25. The maximum Gasteiger partial charge on any atom is 0.343 e. The third-order valence-corrected chi connectivity index (χ3v) is 4.75. The number of hydrogen-bond donors (Lipinski definition) is 1. The number of methoxy groups -OCH3 is 1. The molecule has 4 aromatic rings. The lowest BCUT2D eigenvalue weighted by Gasteiger charge is -2.10. The van der Waals surface area contributed by atoms with Gasteiger partial charge in [0.05, 0.1) is 18.9 Å². The SMILES string of the molecule is COc1cc(/C=N/NC(=O)c2cc3ccccc3o2)ccc1OC(=O)c1ccc(Cl)cc1. The molecule has 0 saturated heterocycles. The van der Waals surface area contributed by atoms with Gasteiger partial charge in [0.1, 0.15) is 5.58 Å². The lowest BCUT2D eigenvalue weighted by Crippen LogP contribution is -2.16. The molecule has 160 valence electrons. The molecule has 4 rings (SSSR count). The Labute approximate surface area is 188 Å². The summed E-state index contributed by atoms with van der Waals surface area (Å²) < 4.78 is 16.2. The number of halogens is 1. The Bertz CT molecular complexity index is 1280. The van der Waals surface area contributed by atoms with Crippen molar-refractivity contribution in [1.29, 1.82) is 0 Å². The fraction of sp³-hybridized carbons (Fsp3) is 0.0417. The standard InChI is InChI=1S/C24H17ClN2O5/c1-30-21-12-15(6-11-20(21)32-24(29)16-7-9-18(25)10-8-16)14-26-27-23(28)22-13-17-4-2-3-5-19(17)31-22/h2-14H,1H3,(H,27,28)/b26-14+. The number of carbonyl (C=O) groups is 2. The van der Waals surface area contributed by atoms with Crippen molar-refractivity contribution in [3.8, 4) is 11.5 Å². The van der Waals surface area contributed by atoms with E-state index < -0.39 is 11.9 Å². The van der Waals surface area contributed by atoms with Gasteiger partial charge in [0.25, 0.3) is 0 Å². The molecular weight excluding hydrogens is 432 g/mol. The first-order valence-electron chi connectivity index (χ1n) is 9.51. The quantitative estimate of drug-likeness (QED) is 0.192. The third-order valence-electron chi connectivity index (χ3n) is 4.50. The Kier molecular flexibility index (Phi) is 6.19. The van der Waals surface area contributed by atoms with Gasteiger partial charge in [-0.2, -0.15) is 5.10 Å². The zero-order chi connectivity index (χ0) is 22.5. The topological polar surface area (TPSA) is 90.1 Å². The Hall–Kier alpha value is -4.10. The number of para-hydroxylation sites is 1. The predicted molar refractivity (Wildman–Crippen MR) is 121 cm³/mol. The van der Waals surface area contributed by atoms with Crippen molar-refractivity contribution in [2.45, 2.75) is 0 Å².